The smallest absolute Gasteiger partial charge is 0.257 e. The number of aromatic hydroxyl groups is 1. The van der Waals surface area contributed by atoms with E-state index >= 15 is 0 Å². The number of phenols is 1. The third-order valence-corrected chi connectivity index (χ3v) is 4.13. The summed E-state index contributed by atoms with van der Waals surface area (Å²) in [5, 5.41) is 12.6. The minimum Gasteiger partial charge on any atom is -0.504 e. The summed E-state index contributed by atoms with van der Waals surface area (Å²) in [6.07, 6.45) is 0. The van der Waals surface area contributed by atoms with Gasteiger partial charge in [0.05, 0.1) is 0 Å². The predicted octanol–water partition coefficient (Wildman–Crippen LogP) is 3.72. The van der Waals surface area contributed by atoms with Gasteiger partial charge in [0.15, 0.2) is 18.1 Å². The summed E-state index contributed by atoms with van der Waals surface area (Å²) in [7, 11) is 0. The zero-order valence-electron chi connectivity index (χ0n) is 14.3. The van der Waals surface area contributed by atoms with E-state index in [1.54, 1.807) is 18.2 Å². The highest BCUT2D eigenvalue weighted by atomic mass is 16.5. The fourth-order valence-electron chi connectivity index (χ4n) is 2.79. The molecule has 0 saturated carbocycles. The van der Waals surface area contributed by atoms with Gasteiger partial charge in [-0.25, -0.2) is 0 Å². The molecule has 0 aliphatic carbocycles. The van der Waals surface area contributed by atoms with Gasteiger partial charge in [0.1, 0.15) is 0 Å². The van der Waals surface area contributed by atoms with Gasteiger partial charge in [-0.2, -0.15) is 0 Å². The lowest BCUT2D eigenvalue weighted by molar-refractivity contribution is -0.123. The van der Waals surface area contributed by atoms with Crippen LogP contribution in [0.25, 0.3) is 0 Å². The summed E-state index contributed by atoms with van der Waals surface area (Å²) in [5.41, 5.74) is 2.28. The third kappa shape index (κ3) is 4.63. The molecule has 2 N–H and O–H groups in total. The molecular formula is C22H21NO3. The van der Waals surface area contributed by atoms with Crippen LogP contribution >= 0.6 is 0 Å². The van der Waals surface area contributed by atoms with E-state index in [0.29, 0.717) is 12.3 Å². The second-order valence-electron chi connectivity index (χ2n) is 5.93. The van der Waals surface area contributed by atoms with Crippen molar-refractivity contribution in [2.24, 2.45) is 0 Å². The maximum atomic E-state index is 12.2. The number of benzene rings is 3. The van der Waals surface area contributed by atoms with Gasteiger partial charge in [-0.15, -0.1) is 0 Å². The molecule has 0 radical (unpaired) electrons. The molecule has 0 spiro atoms. The van der Waals surface area contributed by atoms with Crippen LogP contribution in [0.1, 0.15) is 17.0 Å². The molecule has 132 valence electrons. The standard InChI is InChI=1S/C22H21NO3/c24-20-13-7-8-14-21(20)26-16-22(25)23-15-19(17-9-3-1-4-10-17)18-11-5-2-6-12-18/h1-14,19,24H,15-16H2,(H,23,25). The first kappa shape index (κ1) is 17.5. The van der Waals surface area contributed by atoms with Gasteiger partial charge in [0.2, 0.25) is 0 Å². The molecule has 0 atom stereocenters. The second kappa shape index (κ2) is 8.72. The molecule has 0 heterocycles. The van der Waals surface area contributed by atoms with Crippen LogP contribution in [0, 0.1) is 0 Å². The van der Waals surface area contributed by atoms with E-state index in [9.17, 15) is 9.90 Å². The quantitative estimate of drug-likeness (QED) is 0.685. The summed E-state index contributed by atoms with van der Waals surface area (Å²) < 4.78 is 5.38. The number of amides is 1. The molecule has 4 nitrogen and oxygen atoms in total. The van der Waals surface area contributed by atoms with Crippen LogP contribution in [0.4, 0.5) is 0 Å². The molecule has 0 unspecified atom stereocenters. The Kier molecular flexibility index (Phi) is 5.88. The monoisotopic (exact) mass is 347 g/mol. The highest BCUT2D eigenvalue weighted by molar-refractivity contribution is 5.77. The van der Waals surface area contributed by atoms with Gasteiger partial charge >= 0.3 is 0 Å². The Morgan fingerprint density at radius 2 is 1.38 bits per heavy atom. The Bertz CT molecular complexity index is 795. The van der Waals surface area contributed by atoms with Crippen molar-refractivity contribution in [3.05, 3.63) is 96.1 Å². The molecule has 0 bridgehead atoms. The van der Waals surface area contributed by atoms with E-state index in [4.69, 9.17) is 4.74 Å². The van der Waals surface area contributed by atoms with E-state index in [-0.39, 0.29) is 24.2 Å². The Balaban J connectivity index is 1.63. The largest absolute Gasteiger partial charge is 0.504 e. The number of carbonyl (C=O) groups is 1. The van der Waals surface area contributed by atoms with Gasteiger partial charge in [-0.3, -0.25) is 4.79 Å². The van der Waals surface area contributed by atoms with Crippen LogP contribution in [0.5, 0.6) is 11.5 Å². The van der Waals surface area contributed by atoms with Crippen molar-refractivity contribution in [2.45, 2.75) is 5.92 Å². The zero-order valence-corrected chi connectivity index (χ0v) is 14.3. The summed E-state index contributed by atoms with van der Waals surface area (Å²) in [6, 6.07) is 26.8. The summed E-state index contributed by atoms with van der Waals surface area (Å²) in [6.45, 7) is 0.324. The van der Waals surface area contributed by atoms with Crippen LogP contribution < -0.4 is 10.1 Å². The molecule has 0 fully saturated rings. The summed E-state index contributed by atoms with van der Waals surface area (Å²) >= 11 is 0. The Hall–Kier alpha value is -3.27. The Labute approximate surface area is 153 Å². The number of rotatable bonds is 7. The van der Waals surface area contributed by atoms with Crippen LogP contribution in [0.2, 0.25) is 0 Å². The van der Waals surface area contributed by atoms with Crippen molar-refractivity contribution in [3.8, 4) is 11.5 Å². The number of nitrogens with one attached hydrogen (secondary N) is 1. The lowest BCUT2D eigenvalue weighted by atomic mass is 9.91. The molecule has 3 aromatic carbocycles. The van der Waals surface area contributed by atoms with E-state index in [2.05, 4.69) is 29.6 Å². The first-order chi connectivity index (χ1) is 12.7. The highest BCUT2D eigenvalue weighted by Gasteiger charge is 2.15. The van der Waals surface area contributed by atoms with E-state index < -0.39 is 0 Å². The molecule has 0 aliphatic heterocycles. The van der Waals surface area contributed by atoms with E-state index in [1.165, 1.54) is 6.07 Å². The molecular weight excluding hydrogens is 326 g/mol. The van der Waals surface area contributed by atoms with Crippen molar-refractivity contribution in [1.82, 2.24) is 5.32 Å². The fraction of sp³-hybridized carbons (Fsp3) is 0.136. The molecule has 26 heavy (non-hydrogen) atoms. The lowest BCUT2D eigenvalue weighted by Crippen LogP contribution is -2.32. The number of hydrogen-bond donors (Lipinski definition) is 2. The van der Waals surface area contributed by atoms with Gasteiger partial charge in [-0.05, 0) is 23.3 Å². The summed E-state index contributed by atoms with van der Waals surface area (Å²) in [5.74, 6) is 0.147. The average Bonchev–Trinajstić information content (AvgIpc) is 2.69. The summed E-state index contributed by atoms with van der Waals surface area (Å²) in [4.78, 5) is 12.2. The van der Waals surface area contributed by atoms with E-state index in [1.807, 2.05) is 36.4 Å². The number of carbonyl (C=O) groups excluding carboxylic acids is 1. The molecule has 0 aliphatic rings. The number of hydrogen-bond acceptors (Lipinski definition) is 3. The van der Waals surface area contributed by atoms with Crippen LogP contribution in [0.15, 0.2) is 84.9 Å². The van der Waals surface area contributed by atoms with Crippen molar-refractivity contribution in [3.63, 3.8) is 0 Å². The molecule has 1 amide bonds. The Morgan fingerprint density at radius 3 is 1.96 bits per heavy atom. The lowest BCUT2D eigenvalue weighted by Gasteiger charge is -2.19. The van der Waals surface area contributed by atoms with Crippen LogP contribution in [-0.4, -0.2) is 24.2 Å². The number of phenolic OH excluding ortho intramolecular Hbond substituents is 1. The zero-order chi connectivity index (χ0) is 18.2. The first-order valence-corrected chi connectivity index (χ1v) is 8.51. The fourth-order valence-corrected chi connectivity index (χ4v) is 2.79. The Morgan fingerprint density at radius 1 is 0.846 bits per heavy atom. The predicted molar refractivity (Wildman–Crippen MR) is 101 cm³/mol. The normalized spacial score (nSPS) is 10.5. The van der Waals surface area contributed by atoms with Gasteiger partial charge in [0.25, 0.3) is 5.91 Å². The van der Waals surface area contributed by atoms with Crippen molar-refractivity contribution in [1.29, 1.82) is 0 Å². The third-order valence-electron chi connectivity index (χ3n) is 4.13. The topological polar surface area (TPSA) is 58.6 Å². The molecule has 4 heteroatoms. The number of para-hydroxylation sites is 2. The average molecular weight is 347 g/mol. The van der Waals surface area contributed by atoms with Crippen LogP contribution in [-0.2, 0) is 4.79 Å². The van der Waals surface area contributed by atoms with Gasteiger partial charge in [0, 0.05) is 12.5 Å². The maximum absolute atomic E-state index is 12.2. The molecule has 3 aromatic rings. The SMILES string of the molecule is O=C(COc1ccccc1O)NCC(c1ccccc1)c1ccccc1. The maximum Gasteiger partial charge on any atom is 0.257 e. The minimum absolute atomic E-state index is 0.0201. The molecule has 0 aromatic heterocycles. The first-order valence-electron chi connectivity index (χ1n) is 8.51. The van der Waals surface area contributed by atoms with Crippen molar-refractivity contribution in [2.75, 3.05) is 13.2 Å². The van der Waals surface area contributed by atoms with Crippen LogP contribution in [0.3, 0.4) is 0 Å². The minimum atomic E-state index is -0.231. The second-order valence-corrected chi connectivity index (χ2v) is 5.93. The highest BCUT2D eigenvalue weighted by Crippen LogP contribution is 2.25. The molecule has 0 saturated heterocycles. The molecule has 3 rings (SSSR count). The van der Waals surface area contributed by atoms with Gasteiger partial charge in [-0.1, -0.05) is 72.8 Å². The van der Waals surface area contributed by atoms with Crippen molar-refractivity contribution < 1.29 is 14.6 Å². The van der Waals surface area contributed by atoms with Gasteiger partial charge < -0.3 is 15.2 Å². The van der Waals surface area contributed by atoms with E-state index in [0.717, 1.165) is 11.1 Å². The number of ether oxygens (including phenoxy) is 1. The van der Waals surface area contributed by atoms with Crippen molar-refractivity contribution >= 4 is 5.91 Å².